The summed E-state index contributed by atoms with van der Waals surface area (Å²) in [6.45, 7) is 12.0. The van der Waals surface area contributed by atoms with Gasteiger partial charge in [0.05, 0.1) is 0 Å². The lowest BCUT2D eigenvalue weighted by Gasteiger charge is -2.44. The molecule has 0 saturated heterocycles. The zero-order valence-electron chi connectivity index (χ0n) is 13.8. The molecular formula is C18H35N. The van der Waals surface area contributed by atoms with Crippen molar-refractivity contribution >= 4 is 0 Å². The van der Waals surface area contributed by atoms with Crippen LogP contribution in [0.25, 0.3) is 0 Å². The average Bonchev–Trinajstić information content (AvgIpc) is 2.33. The van der Waals surface area contributed by atoms with E-state index in [1.807, 2.05) is 0 Å². The first-order chi connectivity index (χ1) is 8.92. The summed E-state index contributed by atoms with van der Waals surface area (Å²) in [6, 6.07) is 1.66. The van der Waals surface area contributed by atoms with Crippen molar-refractivity contribution in [2.45, 2.75) is 91.6 Å². The Morgan fingerprint density at radius 1 is 1.00 bits per heavy atom. The van der Waals surface area contributed by atoms with E-state index in [0.29, 0.717) is 5.41 Å². The predicted molar refractivity (Wildman–Crippen MR) is 84.3 cm³/mol. The summed E-state index contributed by atoms with van der Waals surface area (Å²) in [5, 5.41) is 3.93. The largest absolute Gasteiger partial charge is 0.311 e. The molecule has 0 radical (unpaired) electrons. The van der Waals surface area contributed by atoms with Crippen molar-refractivity contribution in [3.05, 3.63) is 0 Å². The lowest BCUT2D eigenvalue weighted by atomic mass is 9.68. The number of rotatable bonds is 5. The Balaban J connectivity index is 1.67. The summed E-state index contributed by atoms with van der Waals surface area (Å²) in [5.74, 6) is 2.84. The first-order valence-electron chi connectivity index (χ1n) is 8.68. The van der Waals surface area contributed by atoms with Crippen LogP contribution >= 0.6 is 0 Å². The van der Waals surface area contributed by atoms with Gasteiger partial charge in [-0.25, -0.2) is 0 Å². The fraction of sp³-hybridized carbons (Fsp3) is 1.00. The van der Waals surface area contributed by atoms with Crippen molar-refractivity contribution in [3.8, 4) is 0 Å². The molecule has 0 aliphatic heterocycles. The summed E-state index contributed by atoms with van der Waals surface area (Å²) in [6.07, 6.45) is 9.90. The highest BCUT2D eigenvalue weighted by Gasteiger charge is 2.35. The summed E-state index contributed by atoms with van der Waals surface area (Å²) < 4.78 is 0. The molecule has 0 aromatic rings. The molecule has 0 heterocycles. The fourth-order valence-electron chi connectivity index (χ4n) is 4.01. The van der Waals surface area contributed by atoms with Gasteiger partial charge in [-0.1, -0.05) is 41.0 Å². The summed E-state index contributed by atoms with van der Waals surface area (Å²) in [5.41, 5.74) is 0.560. The molecule has 112 valence electrons. The highest BCUT2D eigenvalue weighted by atomic mass is 15.0. The van der Waals surface area contributed by atoms with E-state index < -0.39 is 0 Å². The van der Waals surface area contributed by atoms with Crippen LogP contribution in [0.1, 0.15) is 79.6 Å². The molecule has 2 rings (SSSR count). The van der Waals surface area contributed by atoms with Crippen molar-refractivity contribution in [2.24, 2.45) is 23.2 Å². The van der Waals surface area contributed by atoms with Gasteiger partial charge in [-0.05, 0) is 61.7 Å². The second-order valence-corrected chi connectivity index (χ2v) is 8.23. The third-order valence-electron chi connectivity index (χ3n) is 6.33. The molecule has 2 aliphatic rings. The maximum absolute atomic E-state index is 3.93. The number of hydrogen-bond donors (Lipinski definition) is 1. The predicted octanol–water partition coefficient (Wildman–Crippen LogP) is 5.01. The van der Waals surface area contributed by atoms with E-state index in [1.54, 1.807) is 0 Å². The first kappa shape index (κ1) is 15.4. The van der Waals surface area contributed by atoms with Crippen LogP contribution in [-0.4, -0.2) is 12.1 Å². The van der Waals surface area contributed by atoms with Gasteiger partial charge in [0, 0.05) is 12.1 Å². The van der Waals surface area contributed by atoms with Crippen molar-refractivity contribution in [3.63, 3.8) is 0 Å². The van der Waals surface area contributed by atoms with E-state index >= 15 is 0 Å². The van der Waals surface area contributed by atoms with Crippen molar-refractivity contribution < 1.29 is 0 Å². The molecule has 1 N–H and O–H groups in total. The molecule has 0 amide bonds. The standard InChI is InChI=1S/C18H35N/c1-6-18(4,5)15-7-9-16(10-8-15)19-17-11-14(12-17)13(2)3/h13-17,19H,6-12H2,1-5H3. The van der Waals surface area contributed by atoms with Crippen LogP contribution in [-0.2, 0) is 0 Å². The lowest BCUT2D eigenvalue weighted by molar-refractivity contribution is 0.110. The molecule has 2 fully saturated rings. The number of nitrogens with one attached hydrogen (secondary N) is 1. The Kier molecular flexibility index (Phi) is 4.98. The maximum atomic E-state index is 3.93. The second kappa shape index (κ2) is 6.16. The van der Waals surface area contributed by atoms with E-state index in [0.717, 1.165) is 29.8 Å². The highest BCUT2D eigenvalue weighted by molar-refractivity contribution is 4.91. The molecular weight excluding hydrogens is 230 g/mol. The van der Waals surface area contributed by atoms with Crippen LogP contribution in [0.5, 0.6) is 0 Å². The van der Waals surface area contributed by atoms with E-state index in [9.17, 15) is 0 Å². The Morgan fingerprint density at radius 3 is 2.05 bits per heavy atom. The Bertz CT molecular complexity index is 267. The van der Waals surface area contributed by atoms with Crippen LogP contribution in [0, 0.1) is 23.2 Å². The Morgan fingerprint density at radius 2 is 1.58 bits per heavy atom. The smallest absolute Gasteiger partial charge is 0.00751 e. The van der Waals surface area contributed by atoms with Gasteiger partial charge in [0.15, 0.2) is 0 Å². The van der Waals surface area contributed by atoms with E-state index in [4.69, 9.17) is 0 Å². The van der Waals surface area contributed by atoms with Gasteiger partial charge in [-0.3, -0.25) is 0 Å². The van der Waals surface area contributed by atoms with Gasteiger partial charge in [0.1, 0.15) is 0 Å². The minimum atomic E-state index is 0.560. The van der Waals surface area contributed by atoms with E-state index in [1.165, 1.54) is 44.9 Å². The minimum absolute atomic E-state index is 0.560. The maximum Gasteiger partial charge on any atom is 0.00751 e. The lowest BCUT2D eigenvalue weighted by Crippen LogP contribution is -2.49. The molecule has 1 nitrogen and oxygen atoms in total. The molecule has 0 atom stereocenters. The summed E-state index contributed by atoms with van der Waals surface area (Å²) in [7, 11) is 0. The van der Waals surface area contributed by atoms with Crippen LogP contribution in [0.15, 0.2) is 0 Å². The molecule has 0 bridgehead atoms. The molecule has 2 aliphatic carbocycles. The molecule has 0 spiro atoms. The third kappa shape index (κ3) is 3.74. The second-order valence-electron chi connectivity index (χ2n) is 8.23. The average molecular weight is 265 g/mol. The van der Waals surface area contributed by atoms with Crippen LogP contribution in [0.3, 0.4) is 0 Å². The van der Waals surface area contributed by atoms with Gasteiger partial charge in [-0.15, -0.1) is 0 Å². The van der Waals surface area contributed by atoms with Gasteiger partial charge in [0.2, 0.25) is 0 Å². The SMILES string of the molecule is CCC(C)(C)C1CCC(NC2CC(C(C)C)C2)CC1. The Labute approximate surface area is 120 Å². The van der Waals surface area contributed by atoms with Crippen molar-refractivity contribution in [2.75, 3.05) is 0 Å². The van der Waals surface area contributed by atoms with E-state index in [-0.39, 0.29) is 0 Å². The van der Waals surface area contributed by atoms with Crippen molar-refractivity contribution in [1.29, 1.82) is 0 Å². The fourth-order valence-corrected chi connectivity index (χ4v) is 4.01. The molecule has 19 heavy (non-hydrogen) atoms. The molecule has 0 aromatic heterocycles. The van der Waals surface area contributed by atoms with Gasteiger partial charge >= 0.3 is 0 Å². The number of hydrogen-bond acceptors (Lipinski definition) is 1. The molecule has 1 heteroatoms. The third-order valence-corrected chi connectivity index (χ3v) is 6.33. The Hall–Kier alpha value is -0.0400. The normalized spacial score (nSPS) is 36.3. The van der Waals surface area contributed by atoms with Gasteiger partial charge in [0.25, 0.3) is 0 Å². The zero-order chi connectivity index (χ0) is 14.0. The quantitative estimate of drug-likeness (QED) is 0.737. The van der Waals surface area contributed by atoms with E-state index in [2.05, 4.69) is 39.9 Å². The molecule has 2 saturated carbocycles. The van der Waals surface area contributed by atoms with Crippen LogP contribution in [0.2, 0.25) is 0 Å². The summed E-state index contributed by atoms with van der Waals surface area (Å²) in [4.78, 5) is 0. The topological polar surface area (TPSA) is 12.0 Å². The van der Waals surface area contributed by atoms with Gasteiger partial charge < -0.3 is 5.32 Å². The van der Waals surface area contributed by atoms with Crippen LogP contribution in [0.4, 0.5) is 0 Å². The zero-order valence-corrected chi connectivity index (χ0v) is 13.8. The van der Waals surface area contributed by atoms with Crippen molar-refractivity contribution in [1.82, 2.24) is 5.32 Å². The van der Waals surface area contributed by atoms with Gasteiger partial charge in [-0.2, -0.15) is 0 Å². The van der Waals surface area contributed by atoms with Crippen LogP contribution < -0.4 is 5.32 Å². The monoisotopic (exact) mass is 265 g/mol. The molecule has 0 aromatic carbocycles. The summed E-state index contributed by atoms with van der Waals surface area (Å²) >= 11 is 0. The molecule has 0 unspecified atom stereocenters. The highest BCUT2D eigenvalue weighted by Crippen LogP contribution is 2.41. The first-order valence-corrected chi connectivity index (χ1v) is 8.68. The minimum Gasteiger partial charge on any atom is -0.311 e.